The molecule has 130 valence electrons. The number of sulfonamides is 1. The number of esters is 1. The predicted molar refractivity (Wildman–Crippen MR) is 93.0 cm³/mol. The second-order valence-electron chi connectivity index (χ2n) is 6.30. The normalized spacial score (nSPS) is 23.5. The van der Waals surface area contributed by atoms with Crippen molar-refractivity contribution in [1.82, 2.24) is 4.31 Å². The largest absolute Gasteiger partial charge is 0.449 e. The standard InChI is InChI=1S/C18H16ClNO4S/c19-15-8-3-4-9-16(15)25(22,23)20-11-5-10-18(12-20)14-7-2-1-6-13(14)17(21)24-18/h1-4,6-9H,5,10-12H2. The molecule has 2 aliphatic heterocycles. The summed E-state index contributed by atoms with van der Waals surface area (Å²) in [6.45, 7) is 0.471. The fourth-order valence-corrected chi connectivity index (χ4v) is 5.65. The third-order valence-corrected chi connectivity index (χ3v) is 7.15. The minimum absolute atomic E-state index is 0.0753. The first-order valence-electron chi connectivity index (χ1n) is 8.02. The van der Waals surface area contributed by atoms with E-state index in [1.165, 1.54) is 10.4 Å². The molecule has 1 unspecified atom stereocenters. The lowest BCUT2D eigenvalue weighted by Gasteiger charge is -2.38. The summed E-state index contributed by atoms with van der Waals surface area (Å²) in [6.07, 6.45) is 1.20. The van der Waals surface area contributed by atoms with E-state index in [1.54, 1.807) is 30.3 Å². The molecule has 1 atom stereocenters. The van der Waals surface area contributed by atoms with Crippen LogP contribution < -0.4 is 0 Å². The van der Waals surface area contributed by atoms with Gasteiger partial charge < -0.3 is 4.74 Å². The number of piperidine rings is 1. The zero-order chi connectivity index (χ0) is 17.7. The number of nitrogens with zero attached hydrogens (tertiary/aromatic N) is 1. The molecule has 1 spiro atoms. The predicted octanol–water partition coefficient (Wildman–Crippen LogP) is 3.19. The monoisotopic (exact) mass is 377 g/mol. The number of carbonyl (C=O) groups excluding carboxylic acids is 1. The molecule has 2 heterocycles. The molecule has 7 heteroatoms. The van der Waals surface area contributed by atoms with Crippen LogP contribution in [0.5, 0.6) is 0 Å². The average molecular weight is 378 g/mol. The van der Waals surface area contributed by atoms with Crippen molar-refractivity contribution in [3.05, 3.63) is 64.7 Å². The van der Waals surface area contributed by atoms with Crippen molar-refractivity contribution in [2.45, 2.75) is 23.3 Å². The Morgan fingerprint density at radius 1 is 1.08 bits per heavy atom. The summed E-state index contributed by atoms with van der Waals surface area (Å²) in [5, 5.41) is 0.186. The quantitative estimate of drug-likeness (QED) is 0.754. The van der Waals surface area contributed by atoms with Crippen LogP contribution in [-0.4, -0.2) is 31.8 Å². The first-order valence-corrected chi connectivity index (χ1v) is 9.83. The van der Waals surface area contributed by atoms with E-state index in [9.17, 15) is 13.2 Å². The zero-order valence-electron chi connectivity index (χ0n) is 13.3. The molecule has 2 aliphatic rings. The zero-order valence-corrected chi connectivity index (χ0v) is 14.9. The van der Waals surface area contributed by atoms with Gasteiger partial charge in [-0.3, -0.25) is 0 Å². The van der Waals surface area contributed by atoms with Gasteiger partial charge in [-0.05, 0) is 31.0 Å². The lowest BCUT2D eigenvalue weighted by atomic mass is 9.86. The van der Waals surface area contributed by atoms with Gasteiger partial charge in [0, 0.05) is 12.1 Å². The van der Waals surface area contributed by atoms with Gasteiger partial charge in [0.2, 0.25) is 10.0 Å². The maximum Gasteiger partial charge on any atom is 0.339 e. The maximum atomic E-state index is 13.0. The van der Waals surface area contributed by atoms with Crippen LogP contribution in [0.3, 0.4) is 0 Å². The van der Waals surface area contributed by atoms with Gasteiger partial charge in [0.15, 0.2) is 5.60 Å². The number of rotatable bonds is 2. The van der Waals surface area contributed by atoms with Crippen LogP contribution in [-0.2, 0) is 20.4 Å². The van der Waals surface area contributed by atoms with Gasteiger partial charge in [0.05, 0.1) is 17.1 Å². The highest BCUT2D eigenvalue weighted by Crippen LogP contribution is 2.44. The van der Waals surface area contributed by atoms with Crippen molar-refractivity contribution in [2.75, 3.05) is 13.1 Å². The molecule has 0 amide bonds. The highest BCUT2D eigenvalue weighted by atomic mass is 35.5. The van der Waals surface area contributed by atoms with Crippen LogP contribution in [0.25, 0.3) is 0 Å². The van der Waals surface area contributed by atoms with E-state index in [2.05, 4.69) is 0 Å². The second kappa shape index (κ2) is 5.83. The van der Waals surface area contributed by atoms with E-state index in [-0.39, 0.29) is 16.5 Å². The molecular weight excluding hydrogens is 362 g/mol. The summed E-state index contributed by atoms with van der Waals surface area (Å²) in [7, 11) is -3.77. The molecule has 0 aromatic heterocycles. The Balaban J connectivity index is 1.74. The second-order valence-corrected chi connectivity index (χ2v) is 8.62. The third-order valence-electron chi connectivity index (χ3n) is 4.80. The topological polar surface area (TPSA) is 63.7 Å². The van der Waals surface area contributed by atoms with Gasteiger partial charge in [-0.25, -0.2) is 13.2 Å². The van der Waals surface area contributed by atoms with E-state index >= 15 is 0 Å². The summed E-state index contributed by atoms with van der Waals surface area (Å²) < 4.78 is 33.1. The Labute approximate surface area is 151 Å². The Bertz CT molecular complexity index is 959. The van der Waals surface area contributed by atoms with Crippen LogP contribution in [0, 0.1) is 0 Å². The van der Waals surface area contributed by atoms with Gasteiger partial charge in [-0.2, -0.15) is 4.31 Å². The van der Waals surface area contributed by atoms with Crippen LogP contribution >= 0.6 is 11.6 Å². The van der Waals surface area contributed by atoms with Gasteiger partial charge in [0.1, 0.15) is 4.90 Å². The lowest BCUT2D eigenvalue weighted by molar-refractivity contribution is -0.0345. The maximum absolute atomic E-state index is 13.0. The SMILES string of the molecule is O=C1OC2(CCCN(S(=O)(=O)c3ccccc3Cl)C2)c2ccccc21. The molecule has 0 N–H and O–H groups in total. The van der Waals surface area contributed by atoms with Crippen molar-refractivity contribution < 1.29 is 17.9 Å². The Morgan fingerprint density at radius 2 is 1.80 bits per heavy atom. The number of fused-ring (bicyclic) bond motifs is 2. The van der Waals surface area contributed by atoms with Crippen molar-refractivity contribution in [1.29, 1.82) is 0 Å². The molecule has 2 aromatic rings. The average Bonchev–Trinajstić information content (AvgIpc) is 2.87. The minimum Gasteiger partial charge on any atom is -0.449 e. The fraction of sp³-hybridized carbons (Fsp3) is 0.278. The lowest BCUT2D eigenvalue weighted by Crippen LogP contribution is -2.48. The van der Waals surface area contributed by atoms with E-state index < -0.39 is 21.6 Å². The molecule has 0 radical (unpaired) electrons. The molecular formula is C18H16ClNO4S. The molecule has 2 aromatic carbocycles. The van der Waals surface area contributed by atoms with E-state index in [1.807, 2.05) is 12.1 Å². The number of benzene rings is 2. The number of hydrogen-bond donors (Lipinski definition) is 0. The summed E-state index contributed by atoms with van der Waals surface area (Å²) >= 11 is 6.09. The van der Waals surface area contributed by atoms with Gasteiger partial charge >= 0.3 is 5.97 Å². The molecule has 25 heavy (non-hydrogen) atoms. The van der Waals surface area contributed by atoms with E-state index in [0.29, 0.717) is 24.9 Å². The molecule has 0 saturated carbocycles. The molecule has 0 aliphatic carbocycles. The van der Waals surface area contributed by atoms with Crippen LogP contribution in [0.2, 0.25) is 5.02 Å². The molecule has 1 fully saturated rings. The molecule has 0 bridgehead atoms. The van der Waals surface area contributed by atoms with Gasteiger partial charge in [-0.15, -0.1) is 0 Å². The van der Waals surface area contributed by atoms with Gasteiger partial charge in [-0.1, -0.05) is 41.9 Å². The van der Waals surface area contributed by atoms with E-state index in [0.717, 1.165) is 5.56 Å². The summed E-state index contributed by atoms with van der Waals surface area (Å²) in [5.41, 5.74) is 0.360. The van der Waals surface area contributed by atoms with Crippen LogP contribution in [0.1, 0.15) is 28.8 Å². The van der Waals surface area contributed by atoms with Crippen LogP contribution in [0.15, 0.2) is 53.4 Å². The molecule has 1 saturated heterocycles. The van der Waals surface area contributed by atoms with Gasteiger partial charge in [0.25, 0.3) is 0 Å². The summed E-state index contributed by atoms with van der Waals surface area (Å²) in [4.78, 5) is 12.3. The number of carbonyl (C=O) groups is 1. The number of ether oxygens (including phenoxy) is 1. The van der Waals surface area contributed by atoms with Crippen LogP contribution in [0.4, 0.5) is 0 Å². The van der Waals surface area contributed by atoms with Crippen molar-refractivity contribution in [3.8, 4) is 0 Å². The Morgan fingerprint density at radius 3 is 2.60 bits per heavy atom. The smallest absolute Gasteiger partial charge is 0.339 e. The number of hydrogen-bond acceptors (Lipinski definition) is 4. The summed E-state index contributed by atoms with van der Waals surface area (Å²) in [6, 6.07) is 13.5. The van der Waals surface area contributed by atoms with Crippen molar-refractivity contribution >= 4 is 27.6 Å². The third kappa shape index (κ3) is 2.56. The number of halogens is 1. The van der Waals surface area contributed by atoms with Crippen molar-refractivity contribution in [3.63, 3.8) is 0 Å². The minimum atomic E-state index is -3.77. The Kier molecular flexibility index (Phi) is 3.86. The first-order chi connectivity index (χ1) is 11.9. The first kappa shape index (κ1) is 16.6. The summed E-state index contributed by atoms with van der Waals surface area (Å²) in [5.74, 6) is -0.396. The fourth-order valence-electron chi connectivity index (χ4n) is 3.63. The van der Waals surface area contributed by atoms with E-state index in [4.69, 9.17) is 16.3 Å². The molecule has 5 nitrogen and oxygen atoms in total. The Hall–Kier alpha value is -1.89. The molecule has 4 rings (SSSR count). The highest BCUT2D eigenvalue weighted by Gasteiger charge is 2.50. The van der Waals surface area contributed by atoms with Crippen molar-refractivity contribution in [2.24, 2.45) is 0 Å². The highest BCUT2D eigenvalue weighted by molar-refractivity contribution is 7.89.